The van der Waals surface area contributed by atoms with Crippen LogP contribution in [-0.2, 0) is 7.05 Å². The molecular weight excluding hydrogens is 294 g/mol. The van der Waals surface area contributed by atoms with Crippen LogP contribution in [0.1, 0.15) is 41.6 Å². The second kappa shape index (κ2) is 7.28. The van der Waals surface area contributed by atoms with Gasteiger partial charge < -0.3 is 15.2 Å². The topological polar surface area (TPSA) is 76.4 Å². The fourth-order valence-corrected chi connectivity index (χ4v) is 2.19. The van der Waals surface area contributed by atoms with Gasteiger partial charge in [-0.25, -0.2) is 0 Å². The Morgan fingerprint density at radius 2 is 2.17 bits per heavy atom. The molecule has 2 N–H and O–H groups in total. The van der Waals surface area contributed by atoms with Crippen molar-refractivity contribution in [1.82, 2.24) is 15.1 Å². The van der Waals surface area contributed by atoms with Crippen LogP contribution in [0, 0.1) is 6.92 Å². The number of aliphatic hydroxyl groups is 1. The molecule has 0 saturated carbocycles. The molecule has 1 heterocycles. The molecule has 0 radical (unpaired) electrons. The van der Waals surface area contributed by atoms with Gasteiger partial charge in [0.05, 0.1) is 24.0 Å². The molecule has 124 valence electrons. The zero-order chi connectivity index (χ0) is 17.0. The summed E-state index contributed by atoms with van der Waals surface area (Å²) in [4.78, 5) is 12.1. The summed E-state index contributed by atoms with van der Waals surface area (Å²) in [5, 5.41) is 17.0. The van der Waals surface area contributed by atoms with Crippen molar-refractivity contribution in [3.05, 3.63) is 47.3 Å². The van der Waals surface area contributed by atoms with E-state index in [9.17, 15) is 9.90 Å². The smallest absolute Gasteiger partial charge is 0.254 e. The van der Waals surface area contributed by atoms with Crippen LogP contribution >= 0.6 is 0 Å². The van der Waals surface area contributed by atoms with Crippen molar-refractivity contribution in [3.63, 3.8) is 0 Å². The molecule has 6 heteroatoms. The van der Waals surface area contributed by atoms with Crippen molar-refractivity contribution >= 4 is 5.91 Å². The van der Waals surface area contributed by atoms with E-state index in [0.29, 0.717) is 16.9 Å². The zero-order valence-electron chi connectivity index (χ0n) is 13.9. The lowest BCUT2D eigenvalue weighted by molar-refractivity contribution is 0.0915. The van der Waals surface area contributed by atoms with Crippen molar-refractivity contribution in [2.45, 2.75) is 33.0 Å². The van der Waals surface area contributed by atoms with E-state index in [4.69, 9.17) is 4.74 Å². The highest BCUT2D eigenvalue weighted by Gasteiger charge is 2.15. The van der Waals surface area contributed by atoms with Gasteiger partial charge in [-0.05, 0) is 38.5 Å². The Balaban J connectivity index is 1.98. The first-order chi connectivity index (χ1) is 10.9. The Bertz CT molecular complexity index is 679. The van der Waals surface area contributed by atoms with Gasteiger partial charge in [-0.1, -0.05) is 12.1 Å². The number of amides is 1. The minimum atomic E-state index is -0.799. The number of carbonyl (C=O) groups is 1. The molecule has 0 fully saturated rings. The summed E-state index contributed by atoms with van der Waals surface area (Å²) >= 11 is 0. The maximum Gasteiger partial charge on any atom is 0.254 e. The summed E-state index contributed by atoms with van der Waals surface area (Å²) in [5.74, 6) is 0.454. The van der Waals surface area contributed by atoms with Gasteiger partial charge in [-0.3, -0.25) is 9.48 Å². The number of rotatable bonds is 6. The predicted octanol–water partition coefficient (Wildman–Crippen LogP) is 1.98. The van der Waals surface area contributed by atoms with Crippen LogP contribution in [0.3, 0.4) is 0 Å². The van der Waals surface area contributed by atoms with E-state index in [2.05, 4.69) is 10.4 Å². The first-order valence-corrected chi connectivity index (χ1v) is 7.60. The van der Waals surface area contributed by atoms with Gasteiger partial charge >= 0.3 is 0 Å². The molecule has 1 aromatic heterocycles. The molecule has 0 spiro atoms. The first kappa shape index (κ1) is 17.0. The van der Waals surface area contributed by atoms with Gasteiger partial charge in [0.1, 0.15) is 5.75 Å². The molecule has 23 heavy (non-hydrogen) atoms. The number of carbonyl (C=O) groups excluding carboxylic acids is 1. The predicted molar refractivity (Wildman–Crippen MR) is 87.4 cm³/mol. The minimum Gasteiger partial charge on any atom is -0.491 e. The van der Waals surface area contributed by atoms with Gasteiger partial charge in [-0.2, -0.15) is 5.10 Å². The summed E-state index contributed by atoms with van der Waals surface area (Å²) in [6, 6.07) is 7.25. The summed E-state index contributed by atoms with van der Waals surface area (Å²) in [5.41, 5.74) is 1.99. The molecule has 2 aromatic rings. The van der Waals surface area contributed by atoms with E-state index in [1.54, 1.807) is 23.9 Å². The normalized spacial score (nSPS) is 12.3. The van der Waals surface area contributed by atoms with E-state index in [1.807, 2.05) is 32.9 Å². The number of nitrogens with one attached hydrogen (secondary N) is 1. The monoisotopic (exact) mass is 317 g/mol. The Morgan fingerprint density at radius 3 is 2.78 bits per heavy atom. The van der Waals surface area contributed by atoms with E-state index in [1.165, 1.54) is 6.20 Å². The zero-order valence-corrected chi connectivity index (χ0v) is 13.9. The first-order valence-electron chi connectivity index (χ1n) is 7.60. The van der Waals surface area contributed by atoms with E-state index in [-0.39, 0.29) is 18.6 Å². The number of aromatic nitrogens is 2. The maximum absolute atomic E-state index is 12.1. The van der Waals surface area contributed by atoms with Gasteiger partial charge in [0.2, 0.25) is 0 Å². The SMILES string of the molecule is Cc1c(C(=O)NCC(O)c2cccc(OC(C)C)c2)cnn1C. The molecule has 1 atom stereocenters. The Kier molecular flexibility index (Phi) is 5.39. The molecule has 0 aliphatic heterocycles. The molecule has 0 aliphatic carbocycles. The van der Waals surface area contributed by atoms with Crippen molar-refractivity contribution in [3.8, 4) is 5.75 Å². The van der Waals surface area contributed by atoms with Crippen molar-refractivity contribution in [1.29, 1.82) is 0 Å². The molecule has 1 amide bonds. The number of benzene rings is 1. The van der Waals surface area contributed by atoms with Gasteiger partial charge in [0.15, 0.2) is 0 Å². The fraction of sp³-hybridized carbons (Fsp3) is 0.412. The fourth-order valence-electron chi connectivity index (χ4n) is 2.19. The average Bonchev–Trinajstić information content (AvgIpc) is 2.84. The van der Waals surface area contributed by atoms with Crippen molar-refractivity contribution < 1.29 is 14.6 Å². The molecule has 0 bridgehead atoms. The summed E-state index contributed by atoms with van der Waals surface area (Å²) < 4.78 is 7.25. The number of aryl methyl sites for hydroxylation is 1. The van der Waals surface area contributed by atoms with Crippen LogP contribution in [0.15, 0.2) is 30.5 Å². The van der Waals surface area contributed by atoms with E-state index in [0.717, 1.165) is 5.69 Å². The third-order valence-electron chi connectivity index (χ3n) is 3.55. The summed E-state index contributed by atoms with van der Waals surface area (Å²) in [6.45, 7) is 5.84. The van der Waals surface area contributed by atoms with Crippen LogP contribution in [0.2, 0.25) is 0 Å². The Labute approximate surface area is 136 Å². The number of hydrogen-bond acceptors (Lipinski definition) is 4. The maximum atomic E-state index is 12.1. The number of nitrogens with zero attached hydrogens (tertiary/aromatic N) is 2. The average molecular weight is 317 g/mol. The van der Waals surface area contributed by atoms with Crippen LogP contribution in [0.5, 0.6) is 5.75 Å². The highest BCUT2D eigenvalue weighted by molar-refractivity contribution is 5.95. The molecule has 2 rings (SSSR count). The van der Waals surface area contributed by atoms with E-state index < -0.39 is 6.10 Å². The van der Waals surface area contributed by atoms with Gasteiger partial charge in [0.25, 0.3) is 5.91 Å². The molecular formula is C17H23N3O3. The Morgan fingerprint density at radius 1 is 1.43 bits per heavy atom. The second-order valence-corrected chi connectivity index (χ2v) is 5.73. The van der Waals surface area contributed by atoms with Gasteiger partial charge in [0, 0.05) is 19.3 Å². The van der Waals surface area contributed by atoms with Crippen LogP contribution in [-0.4, -0.2) is 33.4 Å². The van der Waals surface area contributed by atoms with Crippen LogP contribution in [0.25, 0.3) is 0 Å². The second-order valence-electron chi connectivity index (χ2n) is 5.73. The molecule has 6 nitrogen and oxygen atoms in total. The lowest BCUT2D eigenvalue weighted by Crippen LogP contribution is -2.28. The molecule has 1 aromatic carbocycles. The number of aliphatic hydroxyl groups excluding tert-OH is 1. The lowest BCUT2D eigenvalue weighted by Gasteiger charge is -2.15. The largest absolute Gasteiger partial charge is 0.491 e. The number of hydrogen-bond donors (Lipinski definition) is 2. The van der Waals surface area contributed by atoms with Crippen LogP contribution < -0.4 is 10.1 Å². The highest BCUT2D eigenvalue weighted by atomic mass is 16.5. The van der Waals surface area contributed by atoms with Gasteiger partial charge in [-0.15, -0.1) is 0 Å². The summed E-state index contributed by atoms with van der Waals surface area (Å²) in [7, 11) is 1.78. The third kappa shape index (κ3) is 4.32. The van der Waals surface area contributed by atoms with E-state index >= 15 is 0 Å². The molecule has 0 aliphatic rings. The quantitative estimate of drug-likeness (QED) is 0.854. The van der Waals surface area contributed by atoms with Crippen molar-refractivity contribution in [2.24, 2.45) is 7.05 Å². The number of ether oxygens (including phenoxy) is 1. The lowest BCUT2D eigenvalue weighted by atomic mass is 10.1. The standard InChI is InChI=1S/C17H23N3O3/c1-11(2)23-14-7-5-6-13(8-14)16(21)10-18-17(22)15-9-19-20(4)12(15)3/h5-9,11,16,21H,10H2,1-4H3,(H,18,22). The third-order valence-corrected chi connectivity index (χ3v) is 3.55. The van der Waals surface area contributed by atoms with Crippen LogP contribution in [0.4, 0.5) is 0 Å². The minimum absolute atomic E-state index is 0.0654. The van der Waals surface area contributed by atoms with Crippen molar-refractivity contribution in [2.75, 3.05) is 6.54 Å². The summed E-state index contributed by atoms with van der Waals surface area (Å²) in [6.07, 6.45) is 0.788. The Hall–Kier alpha value is -2.34. The highest BCUT2D eigenvalue weighted by Crippen LogP contribution is 2.20. The molecule has 1 unspecified atom stereocenters. The molecule has 0 saturated heterocycles.